The van der Waals surface area contributed by atoms with E-state index in [2.05, 4.69) is 32.9 Å². The smallest absolute Gasteiger partial charge is 0.306 e. The van der Waals surface area contributed by atoms with Gasteiger partial charge in [0.15, 0.2) is 6.10 Å². The van der Waals surface area contributed by atoms with Crippen LogP contribution >= 0.6 is 0 Å². The van der Waals surface area contributed by atoms with Gasteiger partial charge in [-0.3, -0.25) is 14.4 Å². The maximum absolute atomic E-state index is 12.9. The van der Waals surface area contributed by atoms with Gasteiger partial charge in [-0.15, -0.1) is 0 Å². The summed E-state index contributed by atoms with van der Waals surface area (Å²) in [5.74, 6) is -0.845. The van der Waals surface area contributed by atoms with Crippen LogP contribution in [0.3, 0.4) is 0 Å². The van der Waals surface area contributed by atoms with E-state index in [1.807, 2.05) is 0 Å². The van der Waals surface area contributed by atoms with Gasteiger partial charge in [0.1, 0.15) is 13.2 Å². The van der Waals surface area contributed by atoms with Crippen LogP contribution in [0.25, 0.3) is 0 Å². The van der Waals surface area contributed by atoms with Crippen molar-refractivity contribution in [3.63, 3.8) is 0 Å². The highest BCUT2D eigenvalue weighted by atomic mass is 16.6. The lowest BCUT2D eigenvalue weighted by molar-refractivity contribution is -0.167. The first-order valence-corrected chi connectivity index (χ1v) is 36.7. The van der Waals surface area contributed by atoms with Crippen molar-refractivity contribution in [1.82, 2.24) is 0 Å². The zero-order chi connectivity index (χ0) is 57.8. The largest absolute Gasteiger partial charge is 0.462 e. The summed E-state index contributed by atoms with van der Waals surface area (Å²) in [6.07, 6.45) is 84.7. The third kappa shape index (κ3) is 66.9. The summed E-state index contributed by atoms with van der Waals surface area (Å²) in [6, 6.07) is 0. The monoisotopic (exact) mass is 1130 g/mol. The molecule has 0 aromatic heterocycles. The fourth-order valence-electron chi connectivity index (χ4n) is 11.5. The predicted octanol–water partition coefficient (Wildman–Crippen LogP) is 25.2. The molecule has 6 heteroatoms. The van der Waals surface area contributed by atoms with E-state index in [1.54, 1.807) is 0 Å². The predicted molar refractivity (Wildman–Crippen MR) is 349 cm³/mol. The maximum atomic E-state index is 12.9. The maximum Gasteiger partial charge on any atom is 0.306 e. The fraction of sp³-hybridized carbons (Fsp3) is 0.932. The molecule has 0 N–H and O–H groups in total. The second-order valence-corrected chi connectivity index (χ2v) is 25.2. The van der Waals surface area contributed by atoms with Crippen LogP contribution in [-0.4, -0.2) is 37.2 Å². The lowest BCUT2D eigenvalue weighted by Gasteiger charge is -2.18. The van der Waals surface area contributed by atoms with E-state index < -0.39 is 6.10 Å². The highest BCUT2D eigenvalue weighted by Crippen LogP contribution is 2.19. The number of allylic oxidation sites excluding steroid dienone is 2. The second-order valence-electron chi connectivity index (χ2n) is 25.2. The van der Waals surface area contributed by atoms with Crippen LogP contribution in [0.2, 0.25) is 0 Å². The number of hydrogen-bond acceptors (Lipinski definition) is 6. The van der Waals surface area contributed by atoms with Crippen molar-refractivity contribution in [2.45, 2.75) is 431 Å². The van der Waals surface area contributed by atoms with E-state index in [9.17, 15) is 14.4 Å². The zero-order valence-corrected chi connectivity index (χ0v) is 54.6. The van der Waals surface area contributed by atoms with Crippen LogP contribution in [0, 0.1) is 0 Å². The van der Waals surface area contributed by atoms with E-state index in [4.69, 9.17) is 14.2 Å². The molecule has 1 unspecified atom stereocenters. The zero-order valence-electron chi connectivity index (χ0n) is 54.6. The Morgan fingerprint density at radius 3 is 0.625 bits per heavy atom. The van der Waals surface area contributed by atoms with E-state index in [0.29, 0.717) is 19.3 Å². The van der Waals surface area contributed by atoms with Crippen LogP contribution in [0.15, 0.2) is 12.2 Å². The molecule has 0 amide bonds. The van der Waals surface area contributed by atoms with Gasteiger partial charge in [0.2, 0.25) is 0 Å². The molecule has 6 nitrogen and oxygen atoms in total. The molecule has 0 heterocycles. The summed E-state index contributed by atoms with van der Waals surface area (Å²) in [5, 5.41) is 0. The lowest BCUT2D eigenvalue weighted by Crippen LogP contribution is -2.30. The number of hydrogen-bond donors (Lipinski definition) is 0. The van der Waals surface area contributed by atoms with Crippen LogP contribution in [0.1, 0.15) is 425 Å². The molecule has 0 saturated heterocycles. The van der Waals surface area contributed by atoms with Crippen LogP contribution < -0.4 is 0 Å². The Morgan fingerprint density at radius 1 is 0.237 bits per heavy atom. The molecule has 0 aliphatic carbocycles. The first kappa shape index (κ1) is 78.1. The Bertz CT molecular complexity index is 1250. The van der Waals surface area contributed by atoms with Gasteiger partial charge in [-0.05, 0) is 44.9 Å². The lowest BCUT2D eigenvalue weighted by atomic mass is 10.0. The van der Waals surface area contributed by atoms with Crippen molar-refractivity contribution >= 4 is 17.9 Å². The van der Waals surface area contributed by atoms with Gasteiger partial charge in [0, 0.05) is 19.3 Å². The molecule has 0 saturated carbocycles. The van der Waals surface area contributed by atoms with Crippen molar-refractivity contribution in [2.24, 2.45) is 0 Å². The molecule has 1 atom stereocenters. The molecule has 0 fully saturated rings. The standard InChI is InChI=1S/C74H142O6/c1-4-7-10-13-15-17-19-21-23-25-27-29-31-33-34-35-36-37-38-39-40-41-43-44-46-48-50-52-54-56-58-61-64-67-73(76)79-70-71(69-78-72(75)66-63-60-12-9-6-3)80-74(77)68-65-62-59-57-55-53-51-49-47-45-42-32-30-28-26-24-22-20-18-16-14-11-8-5-2/h25,27,71H,4-24,26,28-70H2,1-3H3/b27-25-. The van der Waals surface area contributed by atoms with E-state index in [1.165, 1.54) is 321 Å². The van der Waals surface area contributed by atoms with Gasteiger partial charge in [-0.2, -0.15) is 0 Å². The minimum atomic E-state index is -0.762. The Balaban J connectivity index is 3.86. The number of carbonyl (C=O) groups is 3. The summed E-state index contributed by atoms with van der Waals surface area (Å²) in [7, 11) is 0. The highest BCUT2D eigenvalue weighted by molar-refractivity contribution is 5.71. The average Bonchev–Trinajstić information content (AvgIpc) is 3.46. The molecule has 0 bridgehead atoms. The van der Waals surface area contributed by atoms with Crippen molar-refractivity contribution in [3.05, 3.63) is 12.2 Å². The van der Waals surface area contributed by atoms with Crippen molar-refractivity contribution in [2.75, 3.05) is 13.2 Å². The Hall–Kier alpha value is -1.85. The molecule has 0 aliphatic rings. The van der Waals surface area contributed by atoms with Gasteiger partial charge in [-0.1, -0.05) is 373 Å². The fourth-order valence-corrected chi connectivity index (χ4v) is 11.5. The molecule has 80 heavy (non-hydrogen) atoms. The van der Waals surface area contributed by atoms with Gasteiger partial charge >= 0.3 is 17.9 Å². The number of unbranched alkanes of at least 4 members (excludes halogenated alkanes) is 56. The van der Waals surface area contributed by atoms with E-state index in [-0.39, 0.29) is 31.1 Å². The minimum Gasteiger partial charge on any atom is -0.462 e. The number of rotatable bonds is 69. The van der Waals surface area contributed by atoms with E-state index in [0.717, 1.165) is 64.2 Å². The number of esters is 3. The summed E-state index contributed by atoms with van der Waals surface area (Å²) >= 11 is 0. The van der Waals surface area contributed by atoms with Gasteiger partial charge < -0.3 is 14.2 Å². The third-order valence-corrected chi connectivity index (χ3v) is 17.0. The van der Waals surface area contributed by atoms with Crippen LogP contribution in [0.4, 0.5) is 0 Å². The number of carbonyl (C=O) groups excluding carboxylic acids is 3. The Labute approximate surface area is 501 Å². The molecule has 0 aromatic rings. The third-order valence-electron chi connectivity index (χ3n) is 17.0. The summed E-state index contributed by atoms with van der Waals surface area (Å²) in [6.45, 7) is 6.64. The molecular formula is C74H142O6. The van der Waals surface area contributed by atoms with Crippen molar-refractivity contribution in [1.29, 1.82) is 0 Å². The van der Waals surface area contributed by atoms with Gasteiger partial charge in [0.25, 0.3) is 0 Å². The Morgan fingerprint density at radius 2 is 0.412 bits per heavy atom. The molecule has 0 rings (SSSR count). The summed E-state index contributed by atoms with van der Waals surface area (Å²) in [5.41, 5.74) is 0. The van der Waals surface area contributed by atoms with E-state index >= 15 is 0 Å². The van der Waals surface area contributed by atoms with Crippen LogP contribution in [-0.2, 0) is 28.6 Å². The highest BCUT2D eigenvalue weighted by Gasteiger charge is 2.19. The number of ether oxygens (including phenoxy) is 3. The quantitative estimate of drug-likeness (QED) is 0.0261. The van der Waals surface area contributed by atoms with Gasteiger partial charge in [-0.25, -0.2) is 0 Å². The van der Waals surface area contributed by atoms with Crippen LogP contribution in [0.5, 0.6) is 0 Å². The SMILES string of the molecule is CCCCCCCCCC/C=C\CCCCCCCCCCCCCCCCCCCCCCCC(=O)OCC(COC(=O)CCCCCCC)OC(=O)CCCCCCCCCCCCCCCCCCCCCCCCCC. The molecule has 0 radical (unpaired) electrons. The topological polar surface area (TPSA) is 78.9 Å². The Kier molecular flexibility index (Phi) is 68.0. The molecule has 0 spiro atoms. The molecule has 0 aliphatic heterocycles. The first-order chi connectivity index (χ1) is 39.5. The summed E-state index contributed by atoms with van der Waals surface area (Å²) in [4.78, 5) is 38.0. The molecular weight excluding hydrogens is 985 g/mol. The van der Waals surface area contributed by atoms with Crippen molar-refractivity contribution in [3.8, 4) is 0 Å². The molecule has 474 valence electrons. The van der Waals surface area contributed by atoms with Gasteiger partial charge in [0.05, 0.1) is 0 Å². The first-order valence-electron chi connectivity index (χ1n) is 36.7. The molecule has 0 aromatic carbocycles. The minimum absolute atomic E-state index is 0.0634. The summed E-state index contributed by atoms with van der Waals surface area (Å²) < 4.78 is 16.8. The second kappa shape index (κ2) is 69.6. The average molecular weight is 1130 g/mol. The van der Waals surface area contributed by atoms with Crippen molar-refractivity contribution < 1.29 is 28.6 Å². The normalized spacial score (nSPS) is 12.0.